The van der Waals surface area contributed by atoms with Crippen LogP contribution in [0.3, 0.4) is 0 Å². The van der Waals surface area contributed by atoms with Crippen LogP contribution in [0.2, 0.25) is 0 Å². The molecule has 0 spiro atoms. The Morgan fingerprint density at radius 3 is 1.84 bits per heavy atom. The first-order chi connectivity index (χ1) is 15.9. The Labute approximate surface area is 187 Å². The highest BCUT2D eigenvalue weighted by Gasteiger charge is 2.22. The standard InChI is InChI=1S/C19H12O.C12H10/c1-2-6-13-12(5-1)11-16-14(13)9-10-18-19(16)15-7-3-4-8-17(15)20-18;1-3-7-11(8-4-1)12-9-5-2-6-10-12/h1-10H,11H2;1-10H. The molecule has 1 aliphatic rings. The third kappa shape index (κ3) is 3.19. The summed E-state index contributed by atoms with van der Waals surface area (Å²) < 4.78 is 5.98. The zero-order valence-corrected chi connectivity index (χ0v) is 17.7. The average molecular weight is 411 g/mol. The lowest BCUT2D eigenvalue weighted by molar-refractivity contribution is 0.669. The minimum Gasteiger partial charge on any atom is -0.456 e. The first-order valence-corrected chi connectivity index (χ1v) is 11.0. The summed E-state index contributed by atoms with van der Waals surface area (Å²) in [5.74, 6) is 0. The summed E-state index contributed by atoms with van der Waals surface area (Å²) >= 11 is 0. The van der Waals surface area contributed by atoms with Gasteiger partial charge in [-0.15, -0.1) is 0 Å². The second-order valence-electron chi connectivity index (χ2n) is 8.13. The van der Waals surface area contributed by atoms with Crippen molar-refractivity contribution in [3.05, 3.63) is 132 Å². The van der Waals surface area contributed by atoms with Crippen molar-refractivity contribution in [2.24, 2.45) is 0 Å². The van der Waals surface area contributed by atoms with Gasteiger partial charge in [-0.3, -0.25) is 0 Å². The van der Waals surface area contributed by atoms with Crippen LogP contribution in [0.5, 0.6) is 0 Å². The van der Waals surface area contributed by atoms with E-state index in [4.69, 9.17) is 4.42 Å². The van der Waals surface area contributed by atoms with Crippen LogP contribution in [-0.4, -0.2) is 0 Å². The van der Waals surface area contributed by atoms with Crippen LogP contribution in [0.15, 0.2) is 126 Å². The molecule has 0 amide bonds. The Balaban J connectivity index is 0.000000140. The molecule has 0 saturated heterocycles. The first kappa shape index (κ1) is 18.7. The zero-order valence-electron chi connectivity index (χ0n) is 17.7. The minimum absolute atomic E-state index is 0.979. The van der Waals surface area contributed by atoms with E-state index in [0.29, 0.717) is 0 Å². The van der Waals surface area contributed by atoms with Gasteiger partial charge in [0, 0.05) is 10.8 Å². The van der Waals surface area contributed by atoms with Gasteiger partial charge in [-0.05, 0) is 51.9 Å². The fraction of sp³-hybridized carbons (Fsp3) is 0.0323. The van der Waals surface area contributed by atoms with E-state index in [1.165, 1.54) is 44.2 Å². The molecule has 0 atom stereocenters. The molecule has 0 aliphatic heterocycles. The Hall–Kier alpha value is -4.10. The van der Waals surface area contributed by atoms with Gasteiger partial charge in [-0.1, -0.05) is 109 Å². The molecule has 0 N–H and O–H groups in total. The fourth-order valence-electron chi connectivity index (χ4n) is 4.71. The monoisotopic (exact) mass is 410 g/mol. The average Bonchev–Trinajstić information content (AvgIpc) is 3.44. The normalized spacial score (nSPS) is 11.6. The lowest BCUT2D eigenvalue weighted by atomic mass is 10.0. The van der Waals surface area contributed by atoms with E-state index < -0.39 is 0 Å². The second-order valence-corrected chi connectivity index (χ2v) is 8.13. The van der Waals surface area contributed by atoms with E-state index in [0.717, 1.165) is 17.6 Å². The number of rotatable bonds is 1. The van der Waals surface area contributed by atoms with E-state index in [-0.39, 0.29) is 0 Å². The fourth-order valence-corrected chi connectivity index (χ4v) is 4.71. The van der Waals surface area contributed by atoms with E-state index in [2.05, 4.69) is 97.1 Å². The Morgan fingerprint density at radius 1 is 0.469 bits per heavy atom. The summed E-state index contributed by atoms with van der Waals surface area (Å²) in [4.78, 5) is 0. The number of hydrogen-bond donors (Lipinski definition) is 0. The summed E-state index contributed by atoms with van der Waals surface area (Å²) in [6.45, 7) is 0. The number of hydrogen-bond acceptors (Lipinski definition) is 1. The maximum atomic E-state index is 5.98. The van der Waals surface area contributed by atoms with Crippen molar-refractivity contribution >= 4 is 21.9 Å². The van der Waals surface area contributed by atoms with E-state index in [1.807, 2.05) is 24.3 Å². The third-order valence-corrected chi connectivity index (χ3v) is 6.21. The van der Waals surface area contributed by atoms with Crippen molar-refractivity contribution < 1.29 is 4.42 Å². The quantitative estimate of drug-likeness (QED) is 0.264. The van der Waals surface area contributed by atoms with Gasteiger partial charge in [0.05, 0.1) is 0 Å². The van der Waals surface area contributed by atoms with Gasteiger partial charge in [0.25, 0.3) is 0 Å². The predicted octanol–water partition coefficient (Wildman–Crippen LogP) is 8.51. The van der Waals surface area contributed by atoms with Crippen LogP contribution in [-0.2, 0) is 6.42 Å². The van der Waals surface area contributed by atoms with Crippen molar-refractivity contribution in [1.29, 1.82) is 0 Å². The molecule has 1 aromatic heterocycles. The summed E-state index contributed by atoms with van der Waals surface area (Å²) in [6, 6.07) is 42.1. The van der Waals surface area contributed by atoms with Crippen molar-refractivity contribution in [3.8, 4) is 22.3 Å². The lowest BCUT2D eigenvalue weighted by Crippen LogP contribution is -1.81. The third-order valence-electron chi connectivity index (χ3n) is 6.21. The maximum absolute atomic E-state index is 5.98. The van der Waals surface area contributed by atoms with E-state index >= 15 is 0 Å². The molecule has 1 nitrogen and oxygen atoms in total. The molecule has 32 heavy (non-hydrogen) atoms. The van der Waals surface area contributed by atoms with Gasteiger partial charge >= 0.3 is 0 Å². The number of fused-ring (bicyclic) bond motifs is 7. The molecule has 7 rings (SSSR count). The van der Waals surface area contributed by atoms with Gasteiger partial charge in [-0.25, -0.2) is 0 Å². The van der Waals surface area contributed by atoms with Crippen molar-refractivity contribution in [2.45, 2.75) is 6.42 Å². The van der Waals surface area contributed by atoms with Crippen molar-refractivity contribution in [1.82, 2.24) is 0 Å². The Bertz CT molecular complexity index is 1490. The van der Waals surface area contributed by atoms with Crippen LogP contribution in [0.4, 0.5) is 0 Å². The van der Waals surface area contributed by atoms with Gasteiger partial charge in [-0.2, -0.15) is 0 Å². The van der Waals surface area contributed by atoms with Crippen LogP contribution >= 0.6 is 0 Å². The molecular weight excluding hydrogens is 388 g/mol. The van der Waals surface area contributed by atoms with E-state index in [9.17, 15) is 0 Å². The second kappa shape index (κ2) is 7.86. The van der Waals surface area contributed by atoms with Crippen molar-refractivity contribution in [2.75, 3.05) is 0 Å². The van der Waals surface area contributed by atoms with Gasteiger partial charge in [0.1, 0.15) is 11.2 Å². The van der Waals surface area contributed by atoms with Gasteiger partial charge in [0.15, 0.2) is 0 Å². The van der Waals surface area contributed by atoms with Crippen LogP contribution in [0.25, 0.3) is 44.2 Å². The highest BCUT2D eigenvalue weighted by molar-refractivity contribution is 6.09. The molecule has 5 aromatic carbocycles. The summed E-state index contributed by atoms with van der Waals surface area (Å²) in [5, 5.41) is 2.52. The maximum Gasteiger partial charge on any atom is 0.135 e. The zero-order chi connectivity index (χ0) is 21.3. The van der Waals surface area contributed by atoms with Gasteiger partial charge in [0.2, 0.25) is 0 Å². The molecule has 1 heterocycles. The highest BCUT2D eigenvalue weighted by Crippen LogP contribution is 2.43. The largest absolute Gasteiger partial charge is 0.456 e. The molecule has 1 heteroatoms. The number of furan rings is 1. The predicted molar refractivity (Wildman–Crippen MR) is 134 cm³/mol. The smallest absolute Gasteiger partial charge is 0.135 e. The molecule has 1 aliphatic carbocycles. The minimum atomic E-state index is 0.979. The number of benzene rings is 5. The van der Waals surface area contributed by atoms with Crippen molar-refractivity contribution in [3.63, 3.8) is 0 Å². The lowest BCUT2D eigenvalue weighted by Gasteiger charge is -2.01. The van der Waals surface area contributed by atoms with Gasteiger partial charge < -0.3 is 4.42 Å². The van der Waals surface area contributed by atoms with Crippen LogP contribution in [0, 0.1) is 0 Å². The highest BCUT2D eigenvalue weighted by atomic mass is 16.3. The Kier molecular flexibility index (Phi) is 4.58. The molecule has 0 radical (unpaired) electrons. The first-order valence-electron chi connectivity index (χ1n) is 11.0. The number of para-hydroxylation sites is 1. The SMILES string of the molecule is c1ccc(-c2ccccc2)cc1.c1ccc2c(c1)Cc1c-2ccc2oc3ccccc3c12. The summed E-state index contributed by atoms with van der Waals surface area (Å²) in [7, 11) is 0. The molecule has 0 fully saturated rings. The van der Waals surface area contributed by atoms with Crippen LogP contribution < -0.4 is 0 Å². The van der Waals surface area contributed by atoms with E-state index in [1.54, 1.807) is 0 Å². The van der Waals surface area contributed by atoms with Crippen LogP contribution in [0.1, 0.15) is 11.1 Å². The molecule has 0 saturated carbocycles. The summed E-state index contributed by atoms with van der Waals surface area (Å²) in [5.41, 5.74) is 10.1. The molecule has 0 bridgehead atoms. The molecule has 6 aromatic rings. The molecule has 0 unspecified atom stereocenters. The topological polar surface area (TPSA) is 13.1 Å². The molecular formula is C31H22O. The summed E-state index contributed by atoms with van der Waals surface area (Å²) in [6.07, 6.45) is 1.01. The Morgan fingerprint density at radius 2 is 1.09 bits per heavy atom. The molecule has 152 valence electrons.